The van der Waals surface area contributed by atoms with Crippen LogP contribution in [0.1, 0.15) is 16.2 Å². The zero-order chi connectivity index (χ0) is 12.3. The molecule has 0 fully saturated rings. The summed E-state index contributed by atoms with van der Waals surface area (Å²) in [5, 5.41) is 2.23. The third-order valence-corrected chi connectivity index (χ3v) is 3.01. The van der Waals surface area contributed by atoms with Gasteiger partial charge >= 0.3 is 0 Å². The number of carbonyl (C=O) groups excluding carboxylic acids is 1. The molecule has 2 rings (SSSR count). The highest BCUT2D eigenvalue weighted by atomic mass is 35.5. The van der Waals surface area contributed by atoms with Gasteiger partial charge in [-0.3, -0.25) is 4.79 Å². The molecule has 0 aliphatic carbocycles. The van der Waals surface area contributed by atoms with Gasteiger partial charge in [0.15, 0.2) is 0 Å². The summed E-state index contributed by atoms with van der Waals surface area (Å²) >= 11 is 7.25. The van der Waals surface area contributed by atoms with Gasteiger partial charge in [0.2, 0.25) is 0 Å². The molecule has 0 unspecified atom stereocenters. The van der Waals surface area contributed by atoms with Crippen molar-refractivity contribution in [1.29, 1.82) is 0 Å². The summed E-state index contributed by atoms with van der Waals surface area (Å²) in [5.74, 6) is -0.166. The quantitative estimate of drug-likeness (QED) is 0.803. The highest BCUT2D eigenvalue weighted by molar-refractivity contribution is 7.07. The Bertz CT molecular complexity index is 515. The molecule has 0 radical (unpaired) electrons. The molecule has 6 heteroatoms. The summed E-state index contributed by atoms with van der Waals surface area (Å²) in [6.07, 6.45) is 0. The predicted octanol–water partition coefficient (Wildman–Crippen LogP) is 2.46. The van der Waals surface area contributed by atoms with Crippen LogP contribution >= 0.6 is 22.9 Å². The van der Waals surface area contributed by atoms with Crippen LogP contribution in [-0.2, 0) is 6.54 Å². The molecule has 2 heterocycles. The van der Waals surface area contributed by atoms with Crippen molar-refractivity contribution in [2.75, 3.05) is 7.05 Å². The van der Waals surface area contributed by atoms with Crippen molar-refractivity contribution >= 4 is 28.8 Å². The van der Waals surface area contributed by atoms with Crippen molar-refractivity contribution in [3.63, 3.8) is 0 Å². The minimum Gasteiger partial charge on any atom is -0.334 e. The van der Waals surface area contributed by atoms with E-state index < -0.39 is 0 Å². The first kappa shape index (κ1) is 12.0. The highest BCUT2D eigenvalue weighted by Gasteiger charge is 2.14. The number of amides is 1. The van der Waals surface area contributed by atoms with E-state index in [1.807, 2.05) is 5.38 Å². The van der Waals surface area contributed by atoms with Crippen molar-refractivity contribution in [3.05, 3.63) is 45.6 Å². The van der Waals surface area contributed by atoms with E-state index >= 15 is 0 Å². The maximum atomic E-state index is 12.0. The van der Waals surface area contributed by atoms with Gasteiger partial charge in [-0.15, -0.1) is 11.3 Å². The largest absolute Gasteiger partial charge is 0.334 e. The molecule has 0 spiro atoms. The molecule has 0 bridgehead atoms. The van der Waals surface area contributed by atoms with Crippen molar-refractivity contribution in [2.45, 2.75) is 6.54 Å². The monoisotopic (exact) mass is 267 g/mol. The van der Waals surface area contributed by atoms with E-state index in [0.29, 0.717) is 17.4 Å². The summed E-state index contributed by atoms with van der Waals surface area (Å²) in [5.41, 5.74) is 2.95. The van der Waals surface area contributed by atoms with Gasteiger partial charge in [0.25, 0.3) is 5.91 Å². The predicted molar refractivity (Wildman–Crippen MR) is 67.2 cm³/mol. The SMILES string of the molecule is CN(Cc1cscn1)C(=O)c1cccc(Cl)n1. The molecule has 0 aliphatic heterocycles. The Morgan fingerprint density at radius 3 is 3.00 bits per heavy atom. The van der Waals surface area contributed by atoms with Crippen LogP contribution in [0.25, 0.3) is 0 Å². The second kappa shape index (κ2) is 5.25. The van der Waals surface area contributed by atoms with Gasteiger partial charge in [0, 0.05) is 12.4 Å². The topological polar surface area (TPSA) is 46.1 Å². The Kier molecular flexibility index (Phi) is 3.71. The lowest BCUT2D eigenvalue weighted by Gasteiger charge is -2.15. The van der Waals surface area contributed by atoms with E-state index in [0.717, 1.165) is 5.69 Å². The first-order chi connectivity index (χ1) is 8.16. The molecule has 1 amide bonds. The number of carbonyl (C=O) groups is 1. The average Bonchev–Trinajstić information content (AvgIpc) is 2.80. The molecular formula is C11H10ClN3OS. The molecule has 0 saturated carbocycles. The van der Waals surface area contributed by atoms with E-state index in [1.54, 1.807) is 35.7 Å². The molecule has 2 aromatic heterocycles. The fourth-order valence-electron chi connectivity index (χ4n) is 1.35. The molecule has 4 nitrogen and oxygen atoms in total. The van der Waals surface area contributed by atoms with Crippen LogP contribution < -0.4 is 0 Å². The zero-order valence-corrected chi connectivity index (χ0v) is 10.7. The number of hydrogen-bond donors (Lipinski definition) is 0. The first-order valence-electron chi connectivity index (χ1n) is 4.92. The minimum atomic E-state index is -0.166. The standard InChI is InChI=1S/C11H10ClN3OS/c1-15(5-8-6-17-7-13-8)11(16)9-3-2-4-10(12)14-9/h2-4,6-7H,5H2,1H3. The lowest BCUT2D eigenvalue weighted by molar-refractivity contribution is 0.0778. The normalized spacial score (nSPS) is 10.2. The molecule has 0 atom stereocenters. The molecular weight excluding hydrogens is 258 g/mol. The second-order valence-electron chi connectivity index (χ2n) is 3.49. The molecule has 88 valence electrons. The van der Waals surface area contributed by atoms with E-state index in [9.17, 15) is 4.79 Å². The first-order valence-corrected chi connectivity index (χ1v) is 6.24. The van der Waals surface area contributed by atoms with Gasteiger partial charge in [0.05, 0.1) is 17.7 Å². The average molecular weight is 268 g/mol. The van der Waals surface area contributed by atoms with Crippen LogP contribution in [0.5, 0.6) is 0 Å². The summed E-state index contributed by atoms with van der Waals surface area (Å²) in [6.45, 7) is 0.469. The lowest BCUT2D eigenvalue weighted by atomic mass is 10.3. The Hall–Kier alpha value is -1.46. The van der Waals surface area contributed by atoms with Crippen molar-refractivity contribution in [3.8, 4) is 0 Å². The van der Waals surface area contributed by atoms with Crippen molar-refractivity contribution in [2.24, 2.45) is 0 Å². The Balaban J connectivity index is 2.09. The summed E-state index contributed by atoms with van der Waals surface area (Å²) in [6, 6.07) is 4.99. The minimum absolute atomic E-state index is 0.166. The van der Waals surface area contributed by atoms with E-state index in [-0.39, 0.29) is 5.91 Å². The zero-order valence-electron chi connectivity index (χ0n) is 9.13. The highest BCUT2D eigenvalue weighted by Crippen LogP contribution is 2.10. The number of aromatic nitrogens is 2. The second-order valence-corrected chi connectivity index (χ2v) is 4.59. The maximum absolute atomic E-state index is 12.0. The number of halogens is 1. The number of thiazole rings is 1. The summed E-state index contributed by atoms with van der Waals surface area (Å²) in [7, 11) is 1.71. The van der Waals surface area contributed by atoms with Gasteiger partial charge in [-0.05, 0) is 12.1 Å². The fraction of sp³-hybridized carbons (Fsp3) is 0.182. The smallest absolute Gasteiger partial charge is 0.272 e. The van der Waals surface area contributed by atoms with E-state index in [2.05, 4.69) is 9.97 Å². The van der Waals surface area contributed by atoms with E-state index in [1.165, 1.54) is 11.3 Å². The molecule has 0 saturated heterocycles. The third kappa shape index (κ3) is 3.01. The fourth-order valence-corrected chi connectivity index (χ4v) is 2.07. The van der Waals surface area contributed by atoms with Gasteiger partial charge in [-0.1, -0.05) is 17.7 Å². The van der Waals surface area contributed by atoms with Crippen molar-refractivity contribution in [1.82, 2.24) is 14.9 Å². The number of hydrogen-bond acceptors (Lipinski definition) is 4. The van der Waals surface area contributed by atoms with Crippen LogP contribution in [0.4, 0.5) is 0 Å². The number of pyridine rings is 1. The van der Waals surface area contributed by atoms with Gasteiger partial charge in [-0.25, -0.2) is 9.97 Å². The van der Waals surface area contributed by atoms with Gasteiger partial charge in [0.1, 0.15) is 10.8 Å². The van der Waals surface area contributed by atoms with Crippen LogP contribution in [0, 0.1) is 0 Å². The Morgan fingerprint density at radius 1 is 1.53 bits per heavy atom. The summed E-state index contributed by atoms with van der Waals surface area (Å²) < 4.78 is 0. The molecule has 17 heavy (non-hydrogen) atoms. The Morgan fingerprint density at radius 2 is 2.35 bits per heavy atom. The maximum Gasteiger partial charge on any atom is 0.272 e. The van der Waals surface area contributed by atoms with Gasteiger partial charge in [-0.2, -0.15) is 0 Å². The van der Waals surface area contributed by atoms with Crippen molar-refractivity contribution < 1.29 is 4.79 Å². The Labute approximate surface area is 108 Å². The third-order valence-electron chi connectivity index (χ3n) is 2.16. The molecule has 2 aromatic rings. The van der Waals surface area contributed by atoms with Crippen LogP contribution in [-0.4, -0.2) is 27.8 Å². The van der Waals surface area contributed by atoms with Crippen LogP contribution in [0.2, 0.25) is 5.15 Å². The van der Waals surface area contributed by atoms with Crippen LogP contribution in [0.15, 0.2) is 29.1 Å². The number of nitrogens with zero attached hydrogens (tertiary/aromatic N) is 3. The molecule has 0 aromatic carbocycles. The van der Waals surface area contributed by atoms with Crippen LogP contribution in [0.3, 0.4) is 0 Å². The lowest BCUT2D eigenvalue weighted by Crippen LogP contribution is -2.27. The van der Waals surface area contributed by atoms with Gasteiger partial charge < -0.3 is 4.90 Å². The number of rotatable bonds is 3. The molecule has 0 N–H and O–H groups in total. The van der Waals surface area contributed by atoms with E-state index in [4.69, 9.17) is 11.6 Å². The summed E-state index contributed by atoms with van der Waals surface area (Å²) in [4.78, 5) is 21.7. The molecule has 0 aliphatic rings.